The Hall–Kier alpha value is -14.8. The third-order valence-corrected chi connectivity index (χ3v) is 19.9. The second-order valence-electron chi connectivity index (χ2n) is 30.9. The smallest absolute Gasteiger partial charge is 0.410 e. The van der Waals surface area contributed by atoms with E-state index in [2.05, 4.69) is 156 Å². The summed E-state index contributed by atoms with van der Waals surface area (Å²) < 4.78 is 57.6. The highest BCUT2D eigenvalue weighted by molar-refractivity contribution is 9.10. The molecule has 0 radical (unpaired) electrons. The molecule has 662 valence electrons. The Morgan fingerprint density at radius 2 is 0.758 bits per heavy atom. The lowest BCUT2D eigenvalue weighted by molar-refractivity contribution is -0.0434. The zero-order valence-corrected chi connectivity index (χ0v) is 73.8. The summed E-state index contributed by atoms with van der Waals surface area (Å²) in [4.78, 5) is 75.1. The van der Waals surface area contributed by atoms with E-state index < -0.39 is 11.2 Å². The van der Waals surface area contributed by atoms with Gasteiger partial charge >= 0.3 is 12.2 Å². The van der Waals surface area contributed by atoms with E-state index in [1.807, 2.05) is 120 Å². The van der Waals surface area contributed by atoms with Crippen molar-refractivity contribution in [3.8, 4) is 68.0 Å². The molecule has 128 heavy (non-hydrogen) atoms. The molecule has 4 aliphatic rings. The highest BCUT2D eigenvalue weighted by Crippen LogP contribution is 2.41. The number of carbonyl (C=O) groups excluding carboxylic acids is 2. The number of halogens is 1. The van der Waals surface area contributed by atoms with E-state index in [1.54, 1.807) is 44.3 Å². The maximum atomic E-state index is 12.5. The molecule has 9 N–H and O–H groups in total. The Morgan fingerprint density at radius 1 is 0.422 bits per heavy atom. The lowest BCUT2D eigenvalue weighted by Gasteiger charge is -2.34. The summed E-state index contributed by atoms with van der Waals surface area (Å²) in [5.41, 5.74) is 15.3. The molecule has 2 amide bonds. The number of aromatic amines is 4. The topological polar surface area (TPSA) is 434 Å². The van der Waals surface area contributed by atoms with Gasteiger partial charge in [0.1, 0.15) is 56.8 Å². The van der Waals surface area contributed by atoms with Crippen LogP contribution in [0.25, 0.3) is 64.4 Å². The van der Waals surface area contributed by atoms with Crippen molar-refractivity contribution in [3.05, 3.63) is 219 Å². The molecule has 0 spiro atoms. The number of hydrogen-bond acceptors (Lipinski definition) is 29. The van der Waals surface area contributed by atoms with Crippen LogP contribution in [0.15, 0.2) is 151 Å². The fraction of sp³-hybridized carbons (Fsp3) is 0.341. The molecule has 8 aromatic heterocycles. The maximum Gasteiger partial charge on any atom is 0.410 e. The fourth-order valence-corrected chi connectivity index (χ4v) is 13.5. The number of hydrogen-bond donors (Lipinski definition) is 8. The maximum absolute atomic E-state index is 12.5. The van der Waals surface area contributed by atoms with Crippen molar-refractivity contribution in [2.24, 2.45) is 0 Å². The van der Waals surface area contributed by atoms with Crippen LogP contribution in [0.1, 0.15) is 107 Å². The van der Waals surface area contributed by atoms with Crippen LogP contribution in [0.2, 0.25) is 0 Å². The summed E-state index contributed by atoms with van der Waals surface area (Å²) in [5, 5.41) is 37.9. The Kier molecular flexibility index (Phi) is 31.5. The summed E-state index contributed by atoms with van der Waals surface area (Å²) >= 11 is 3.10. The molecule has 4 fully saturated rings. The van der Waals surface area contributed by atoms with Crippen molar-refractivity contribution in [2.45, 2.75) is 96.4 Å². The van der Waals surface area contributed by atoms with Gasteiger partial charge in [0.2, 0.25) is 0 Å². The van der Waals surface area contributed by atoms with Crippen LogP contribution < -0.4 is 40.6 Å². The summed E-state index contributed by atoms with van der Waals surface area (Å²) in [6.45, 7) is 44.4. The van der Waals surface area contributed by atoms with Crippen molar-refractivity contribution in [1.82, 2.24) is 95.4 Å². The van der Waals surface area contributed by atoms with Crippen LogP contribution in [-0.4, -0.2) is 220 Å². The van der Waals surface area contributed by atoms with E-state index in [0.29, 0.717) is 102 Å². The zero-order chi connectivity index (χ0) is 90.9. The predicted octanol–water partition coefficient (Wildman–Crippen LogP) is 16.8. The molecule has 39 nitrogen and oxygen atoms in total. The van der Waals surface area contributed by atoms with E-state index in [-0.39, 0.29) is 54.1 Å². The molecule has 16 rings (SSSR count). The third kappa shape index (κ3) is 25.7. The summed E-state index contributed by atoms with van der Waals surface area (Å²) in [7, 11) is 8.62. The molecular formula is C88H96BrN27O12. The van der Waals surface area contributed by atoms with Gasteiger partial charge in [0.25, 0.3) is 23.3 Å². The summed E-state index contributed by atoms with van der Waals surface area (Å²) in [5.74, 6) is 7.51. The van der Waals surface area contributed by atoms with Crippen molar-refractivity contribution < 1.29 is 57.0 Å². The number of H-pyrrole nitrogens is 4. The lowest BCUT2D eigenvalue weighted by Crippen LogP contribution is -2.44. The van der Waals surface area contributed by atoms with Crippen LogP contribution in [-0.2, 0) is 28.4 Å². The van der Waals surface area contributed by atoms with Gasteiger partial charge in [0.05, 0.1) is 121 Å². The number of anilines is 7. The van der Waals surface area contributed by atoms with Crippen LogP contribution in [0.3, 0.4) is 0 Å². The molecule has 4 aromatic carbocycles. The first kappa shape index (κ1) is 92.4. The average molecular weight is 1800 g/mol. The van der Waals surface area contributed by atoms with Crippen molar-refractivity contribution in [3.63, 3.8) is 0 Å². The van der Waals surface area contributed by atoms with Gasteiger partial charge in [-0.05, 0) is 155 Å². The van der Waals surface area contributed by atoms with Gasteiger partial charge < -0.3 is 103 Å². The monoisotopic (exact) mass is 1800 g/mol. The second-order valence-corrected chi connectivity index (χ2v) is 31.7. The average Bonchev–Trinajstić information content (AvgIpc) is 1.50. The number of benzene rings is 4. The van der Waals surface area contributed by atoms with Crippen molar-refractivity contribution in [2.75, 3.05) is 123 Å². The summed E-state index contributed by atoms with van der Waals surface area (Å²) in [6, 6.07) is 31.1. The molecule has 12 aromatic rings. The molecule has 4 atom stereocenters. The van der Waals surface area contributed by atoms with E-state index in [4.69, 9.17) is 79.4 Å². The largest absolute Gasteiger partial charge is 0.496 e. The first-order chi connectivity index (χ1) is 61.8. The minimum absolute atomic E-state index is 0.0349. The molecule has 12 heterocycles. The van der Waals surface area contributed by atoms with Crippen LogP contribution in [0, 0.1) is 26.3 Å². The number of morpholine rings is 3. The Bertz CT molecular complexity index is 5890. The van der Waals surface area contributed by atoms with Gasteiger partial charge in [-0.2, -0.15) is 20.4 Å². The third-order valence-electron chi connectivity index (χ3n) is 19.5. The van der Waals surface area contributed by atoms with E-state index in [9.17, 15) is 9.59 Å². The predicted molar refractivity (Wildman–Crippen MR) is 479 cm³/mol. The number of ether oxygens (including phenoxy) is 10. The molecular weight excluding hydrogens is 1710 g/mol. The van der Waals surface area contributed by atoms with Gasteiger partial charge in [0, 0.05) is 79.3 Å². The first-order valence-corrected chi connectivity index (χ1v) is 41.1. The van der Waals surface area contributed by atoms with Crippen molar-refractivity contribution in [1.29, 1.82) is 0 Å². The minimum atomic E-state index is -0.554. The SMILES string of the molecule is COc1cc([C@@H]2CN(C(=O)OC(C)(C)C)CCO2)ccc1-c1cc(N)n[nH]1.[C-]#[N+]c1cnc(Br)cn1.[C-]#[N+]c1cnc(Nc2cc(-c3ccc([C@@H]4CCCCO4)cc3OC)[nH]n2)cn1.[C-]#[N+]c1cnc(Nc2cc(-c3ccc([C@@H]4CN(C(=O)OC(C)(C)C)CCO4)cc3OC)[nH]n2)cn1.[C-]#[N+]c1cnc(Nc2cc(-c3ccc([C@@H]4CN(C)CCO4)cc3OC)[nH]n2)cn1. The number of nitrogens with two attached hydrogens (primary N) is 1. The normalized spacial score (nSPS) is 16.1. The molecule has 0 aliphatic carbocycles. The van der Waals surface area contributed by atoms with Gasteiger partial charge in [-0.15, -0.1) is 19.9 Å². The lowest BCUT2D eigenvalue weighted by atomic mass is 9.99. The molecule has 4 aliphatic heterocycles. The molecule has 0 unspecified atom stereocenters. The number of nitrogen functional groups attached to an aromatic ring is 1. The summed E-state index contributed by atoms with van der Waals surface area (Å²) in [6.07, 6.45) is 13.9. The highest BCUT2D eigenvalue weighted by Gasteiger charge is 2.33. The number of nitrogens with zero attached hydrogens (tertiary/aromatic N) is 19. The molecule has 4 saturated heterocycles. The van der Waals surface area contributed by atoms with E-state index >= 15 is 0 Å². The number of rotatable bonds is 18. The van der Waals surface area contributed by atoms with Gasteiger partial charge in [-0.25, -0.2) is 24.5 Å². The quantitative estimate of drug-likeness (QED) is 0.0370. The first-order valence-electron chi connectivity index (χ1n) is 40.3. The standard InChI is InChI=1S/C24H27N7O4.C20H21N7O2.C20H20N6O2.C19H26N4O4.C5H2BrN3/c1-24(2,3)35-23(32)31-8-9-34-19(14-31)15-6-7-16(18(10-15)33-5)17-11-20(30-29-17)28-22-13-26-21(25-4)12-27-22;1-21-19-10-23-20(11-22-19)24-18-9-15(25-26-18)14-5-4-13(8-16(14)28-3)17-12-27(2)6-7-29-17;1-21-19-11-23-20(12-22-19)24-18-10-15(25-26-18)14-7-6-13(9-17(14)27-2)16-5-3-4-8-28-16;1-19(2,3)27-18(24)23-7-8-26-16(11-23)12-5-6-13(15(9-12)25-4)14-10-17(20)22-21-14;1-7-5-3-8-4(6)2-9-5/h6-7,10-13,19H,8-9,14H2,1-3,5H3,(H2,27,28,29,30);4-5,8-11,17H,6-7,12H2,2-3H3,(H2,23,24,25,26);6-7,9-12,16H,3-5,8H2,2H3,(H2,23,24,25,26);5-6,9-10,16H,7-8,11H2,1-4H3,(H3,20,21,22);2-3H/t19-;17-;2*16-;/m0000./s1. The number of aromatic nitrogens is 16. The van der Waals surface area contributed by atoms with Gasteiger partial charge in [0.15, 0.2) is 59.7 Å². The Morgan fingerprint density at radius 3 is 1.06 bits per heavy atom. The molecule has 0 saturated carbocycles. The van der Waals surface area contributed by atoms with Crippen LogP contribution >= 0.6 is 15.9 Å². The Balaban J connectivity index is 0.000000150. The minimum Gasteiger partial charge on any atom is -0.496 e. The fourth-order valence-electron chi connectivity index (χ4n) is 13.3. The van der Waals surface area contributed by atoms with E-state index in [0.717, 1.165) is 118 Å². The molecule has 40 heteroatoms. The van der Waals surface area contributed by atoms with Crippen LogP contribution in [0.5, 0.6) is 23.0 Å². The van der Waals surface area contributed by atoms with E-state index in [1.165, 1.54) is 56.0 Å². The van der Waals surface area contributed by atoms with Gasteiger partial charge in [-0.3, -0.25) is 25.4 Å². The van der Waals surface area contributed by atoms with Gasteiger partial charge in [-0.1, -0.05) is 50.6 Å². The number of amides is 2. The molecule has 0 bridgehead atoms. The highest BCUT2D eigenvalue weighted by atomic mass is 79.9. The van der Waals surface area contributed by atoms with Crippen LogP contribution in [0.4, 0.5) is 73.6 Å². The number of nitrogens with one attached hydrogen (secondary N) is 7. The number of methoxy groups -OCH3 is 4. The number of likely N-dealkylation sites (N-methyl/N-ethyl adjacent to an activating group) is 1. The Labute approximate surface area is 747 Å². The number of carbonyl (C=O) groups is 2. The zero-order valence-electron chi connectivity index (χ0n) is 72.2. The van der Waals surface area contributed by atoms with Crippen molar-refractivity contribution >= 4 is 92.1 Å². The second kappa shape index (κ2) is 43.7.